The van der Waals surface area contributed by atoms with Gasteiger partial charge in [-0.05, 0) is 78.2 Å². The summed E-state index contributed by atoms with van der Waals surface area (Å²) in [6.45, 7) is 0.327. The monoisotopic (exact) mass is 531 g/mol. The molecule has 0 spiro atoms. The summed E-state index contributed by atoms with van der Waals surface area (Å²) in [4.78, 5) is 37.7. The highest BCUT2D eigenvalue weighted by molar-refractivity contribution is 8.18. The van der Waals surface area contributed by atoms with Gasteiger partial charge in [-0.2, -0.15) is 0 Å². The molecule has 1 aliphatic heterocycles. The SMILES string of the molecule is CSc1ccc(-c2oc3ccccc3c(=O)c2OCCOc2ccc(C=C3SC(=O)NC3=O)cc2)cc1. The van der Waals surface area contributed by atoms with Gasteiger partial charge in [-0.25, -0.2) is 0 Å². The summed E-state index contributed by atoms with van der Waals surface area (Å²) < 4.78 is 17.8. The number of amides is 2. The summed E-state index contributed by atoms with van der Waals surface area (Å²) in [5, 5.41) is 2.30. The summed E-state index contributed by atoms with van der Waals surface area (Å²) in [6, 6.07) is 21.9. The number of imide groups is 1. The predicted molar refractivity (Wildman–Crippen MR) is 146 cm³/mol. The van der Waals surface area contributed by atoms with Gasteiger partial charge in [0.1, 0.15) is 24.5 Å². The minimum Gasteiger partial charge on any atom is -0.490 e. The van der Waals surface area contributed by atoms with Gasteiger partial charge in [0.15, 0.2) is 5.76 Å². The predicted octanol–water partition coefficient (Wildman–Crippen LogP) is 5.96. The Hall–Kier alpha value is -3.95. The quantitative estimate of drug-likeness (QED) is 0.169. The number of nitrogens with one attached hydrogen (secondary N) is 1. The first kappa shape index (κ1) is 24.7. The standard InChI is InChI=1S/C28H21NO6S2/c1-36-20-12-8-18(9-13-20)25-26(24(30)21-4-2-3-5-22(21)35-25)34-15-14-33-19-10-6-17(7-11-19)16-23-27(31)29-28(32)37-23/h2-13,16H,14-15H2,1H3,(H,29,31,32). The Labute approximate surface area is 220 Å². The molecule has 0 unspecified atom stereocenters. The zero-order valence-corrected chi connectivity index (χ0v) is 21.3. The van der Waals surface area contributed by atoms with E-state index in [-0.39, 0.29) is 29.6 Å². The lowest BCUT2D eigenvalue weighted by molar-refractivity contribution is -0.115. The van der Waals surface area contributed by atoms with Crippen LogP contribution in [0.1, 0.15) is 5.56 Å². The Morgan fingerprint density at radius 3 is 2.35 bits per heavy atom. The van der Waals surface area contributed by atoms with Gasteiger partial charge in [0, 0.05) is 10.5 Å². The fourth-order valence-electron chi connectivity index (χ4n) is 3.72. The van der Waals surface area contributed by atoms with Crippen molar-refractivity contribution >= 4 is 51.7 Å². The summed E-state index contributed by atoms with van der Waals surface area (Å²) >= 11 is 2.50. The van der Waals surface area contributed by atoms with Gasteiger partial charge in [-0.3, -0.25) is 19.7 Å². The molecule has 1 saturated heterocycles. The molecule has 1 fully saturated rings. The molecule has 0 aliphatic carbocycles. The fourth-order valence-corrected chi connectivity index (χ4v) is 4.81. The largest absolute Gasteiger partial charge is 0.490 e. The van der Waals surface area contributed by atoms with E-state index < -0.39 is 5.91 Å². The zero-order chi connectivity index (χ0) is 25.8. The van der Waals surface area contributed by atoms with E-state index in [0.717, 1.165) is 27.8 Å². The molecule has 1 N–H and O–H groups in total. The molecule has 3 aromatic carbocycles. The van der Waals surface area contributed by atoms with Gasteiger partial charge in [0.25, 0.3) is 11.1 Å². The van der Waals surface area contributed by atoms with Crippen LogP contribution in [0, 0.1) is 0 Å². The average molecular weight is 532 g/mol. The van der Waals surface area contributed by atoms with Gasteiger partial charge in [0.2, 0.25) is 11.2 Å². The summed E-state index contributed by atoms with van der Waals surface area (Å²) in [7, 11) is 0. The van der Waals surface area contributed by atoms with Crippen LogP contribution in [-0.4, -0.2) is 30.6 Å². The van der Waals surface area contributed by atoms with Crippen molar-refractivity contribution in [2.45, 2.75) is 4.90 Å². The first-order valence-electron chi connectivity index (χ1n) is 11.3. The third-order valence-corrected chi connectivity index (χ3v) is 7.08. The summed E-state index contributed by atoms with van der Waals surface area (Å²) in [5.41, 5.74) is 1.77. The highest BCUT2D eigenvalue weighted by Crippen LogP contribution is 2.32. The van der Waals surface area contributed by atoms with Crippen LogP contribution in [0.4, 0.5) is 4.79 Å². The van der Waals surface area contributed by atoms with Crippen LogP contribution in [0.2, 0.25) is 0 Å². The number of hydrogen-bond donors (Lipinski definition) is 1. The molecule has 186 valence electrons. The topological polar surface area (TPSA) is 94.8 Å². The van der Waals surface area contributed by atoms with Crippen LogP contribution in [-0.2, 0) is 4.79 Å². The smallest absolute Gasteiger partial charge is 0.290 e. The molecule has 2 heterocycles. The molecule has 1 aromatic heterocycles. The molecule has 0 bridgehead atoms. The van der Waals surface area contributed by atoms with E-state index in [1.807, 2.05) is 36.6 Å². The molecule has 0 atom stereocenters. The average Bonchev–Trinajstić information content (AvgIpc) is 3.24. The van der Waals surface area contributed by atoms with Gasteiger partial charge in [-0.15, -0.1) is 11.8 Å². The summed E-state index contributed by atoms with van der Waals surface area (Å²) in [5.74, 6) is 0.720. The van der Waals surface area contributed by atoms with Crippen molar-refractivity contribution in [3.63, 3.8) is 0 Å². The van der Waals surface area contributed by atoms with Crippen LogP contribution < -0.4 is 20.2 Å². The van der Waals surface area contributed by atoms with E-state index in [4.69, 9.17) is 13.9 Å². The Kier molecular flexibility index (Phi) is 7.34. The second-order valence-corrected chi connectivity index (χ2v) is 9.83. The maximum atomic E-state index is 13.2. The second-order valence-electron chi connectivity index (χ2n) is 7.93. The normalized spacial score (nSPS) is 14.2. The minimum atomic E-state index is -0.398. The molecule has 7 nitrogen and oxygen atoms in total. The van der Waals surface area contributed by atoms with Crippen LogP contribution in [0.25, 0.3) is 28.4 Å². The molecular formula is C28H21NO6S2. The second kappa shape index (κ2) is 11.0. The number of ether oxygens (including phenoxy) is 2. The van der Waals surface area contributed by atoms with Crippen molar-refractivity contribution in [3.8, 4) is 22.8 Å². The Morgan fingerprint density at radius 1 is 0.919 bits per heavy atom. The third kappa shape index (κ3) is 5.58. The van der Waals surface area contributed by atoms with Crippen molar-refractivity contribution in [1.82, 2.24) is 5.32 Å². The molecule has 9 heteroatoms. The molecule has 37 heavy (non-hydrogen) atoms. The van der Waals surface area contributed by atoms with Gasteiger partial charge >= 0.3 is 0 Å². The maximum Gasteiger partial charge on any atom is 0.290 e. The van der Waals surface area contributed by atoms with E-state index in [0.29, 0.717) is 27.4 Å². The number of thioether (sulfide) groups is 2. The maximum absolute atomic E-state index is 13.2. The van der Waals surface area contributed by atoms with Gasteiger partial charge in [-0.1, -0.05) is 24.3 Å². The molecular weight excluding hydrogens is 510 g/mol. The van der Waals surface area contributed by atoms with Crippen molar-refractivity contribution in [2.75, 3.05) is 19.5 Å². The number of benzene rings is 3. The van der Waals surface area contributed by atoms with Crippen molar-refractivity contribution in [2.24, 2.45) is 0 Å². The molecule has 2 amide bonds. The zero-order valence-electron chi connectivity index (χ0n) is 19.7. The number of hydrogen-bond acceptors (Lipinski definition) is 8. The van der Waals surface area contributed by atoms with Crippen LogP contribution in [0.15, 0.2) is 91.8 Å². The number of para-hydroxylation sites is 1. The highest BCUT2D eigenvalue weighted by Gasteiger charge is 2.24. The van der Waals surface area contributed by atoms with E-state index in [1.165, 1.54) is 0 Å². The molecule has 4 aromatic rings. The Balaban J connectivity index is 1.29. The minimum absolute atomic E-state index is 0.129. The van der Waals surface area contributed by atoms with Gasteiger partial charge < -0.3 is 13.9 Å². The van der Waals surface area contributed by atoms with Gasteiger partial charge in [0.05, 0.1) is 10.3 Å². The van der Waals surface area contributed by atoms with E-state index >= 15 is 0 Å². The number of carbonyl (C=O) groups is 2. The third-order valence-electron chi connectivity index (χ3n) is 5.53. The lowest BCUT2D eigenvalue weighted by Gasteiger charge is -2.13. The molecule has 0 saturated carbocycles. The molecule has 1 aliphatic rings. The summed E-state index contributed by atoms with van der Waals surface area (Å²) in [6.07, 6.45) is 3.64. The Morgan fingerprint density at radius 2 is 1.65 bits per heavy atom. The van der Waals surface area contributed by atoms with Crippen molar-refractivity contribution in [3.05, 3.63) is 93.5 Å². The first-order chi connectivity index (χ1) is 18.0. The van der Waals surface area contributed by atoms with E-state index in [2.05, 4.69) is 5.32 Å². The fraction of sp³-hybridized carbons (Fsp3) is 0.107. The van der Waals surface area contributed by atoms with E-state index in [9.17, 15) is 14.4 Å². The molecule has 0 radical (unpaired) electrons. The molecule has 5 rings (SSSR count). The lowest BCUT2D eigenvalue weighted by atomic mass is 10.1. The number of carbonyl (C=O) groups excluding carboxylic acids is 2. The van der Waals surface area contributed by atoms with Crippen LogP contribution in [0.3, 0.4) is 0 Å². The first-order valence-corrected chi connectivity index (χ1v) is 13.4. The van der Waals surface area contributed by atoms with Crippen molar-refractivity contribution < 1.29 is 23.5 Å². The number of fused-ring (bicyclic) bond motifs is 1. The Bertz CT molecular complexity index is 1560. The highest BCUT2D eigenvalue weighted by atomic mass is 32.2. The van der Waals surface area contributed by atoms with E-state index in [1.54, 1.807) is 60.3 Å². The van der Waals surface area contributed by atoms with Crippen molar-refractivity contribution in [1.29, 1.82) is 0 Å². The van der Waals surface area contributed by atoms with Crippen LogP contribution >= 0.6 is 23.5 Å². The number of rotatable bonds is 8. The van der Waals surface area contributed by atoms with Crippen LogP contribution in [0.5, 0.6) is 11.5 Å². The lowest BCUT2D eigenvalue weighted by Crippen LogP contribution is -2.17.